The fraction of sp³-hybridized carbons (Fsp3) is 0.583. The summed E-state index contributed by atoms with van der Waals surface area (Å²) < 4.78 is 15.8. The number of benzene rings is 1. The maximum absolute atomic E-state index is 13.7. The highest BCUT2D eigenvalue weighted by molar-refractivity contribution is 5.75. The summed E-state index contributed by atoms with van der Waals surface area (Å²) >= 11 is 0. The molecule has 1 aromatic carbocycles. The maximum atomic E-state index is 13.7. The van der Waals surface area contributed by atoms with Gasteiger partial charge < -0.3 is 5.32 Å². The zero-order valence-corrected chi connectivity index (χ0v) is 18.7. The van der Waals surface area contributed by atoms with E-state index in [1.54, 1.807) is 18.2 Å². The van der Waals surface area contributed by atoms with Crippen molar-refractivity contribution in [2.45, 2.75) is 72.5 Å². The summed E-state index contributed by atoms with van der Waals surface area (Å²) in [5, 5.41) is 7.57. The minimum Gasteiger partial charge on any atom is -0.352 e. The van der Waals surface area contributed by atoms with Crippen molar-refractivity contribution in [1.29, 1.82) is 0 Å². The van der Waals surface area contributed by atoms with E-state index < -0.39 is 0 Å². The monoisotopic (exact) mass is 414 g/mol. The average molecular weight is 415 g/mol. The van der Waals surface area contributed by atoms with Crippen LogP contribution in [0, 0.1) is 25.6 Å². The van der Waals surface area contributed by atoms with Gasteiger partial charge in [-0.2, -0.15) is 5.10 Å². The van der Waals surface area contributed by atoms with Crippen LogP contribution in [0.2, 0.25) is 0 Å². The summed E-state index contributed by atoms with van der Waals surface area (Å²) in [6.07, 6.45) is 3.71. The van der Waals surface area contributed by atoms with Crippen LogP contribution in [0.4, 0.5) is 4.39 Å². The van der Waals surface area contributed by atoms with Crippen LogP contribution < -0.4 is 5.32 Å². The Kier molecular flexibility index (Phi) is 7.64. The molecule has 164 valence electrons. The molecular weight excluding hydrogens is 379 g/mol. The minimum absolute atomic E-state index is 0.000255. The van der Waals surface area contributed by atoms with E-state index >= 15 is 0 Å². The number of nitrogens with zero attached hydrogens (tertiary/aromatic N) is 3. The highest BCUT2D eigenvalue weighted by Crippen LogP contribution is 2.25. The lowest BCUT2D eigenvalue weighted by Crippen LogP contribution is -2.35. The normalized spacial score (nSPS) is 17.5. The molecule has 30 heavy (non-hydrogen) atoms. The molecule has 0 bridgehead atoms. The first-order valence-electron chi connectivity index (χ1n) is 11.1. The van der Waals surface area contributed by atoms with Gasteiger partial charge in [0.2, 0.25) is 5.91 Å². The number of piperidine rings is 1. The van der Waals surface area contributed by atoms with Crippen LogP contribution in [-0.2, 0) is 17.9 Å². The molecule has 0 radical (unpaired) electrons. The number of carbonyl (C=O) groups is 1. The molecule has 1 aromatic heterocycles. The number of carbonyl (C=O) groups excluding carboxylic acids is 1. The second-order valence-electron chi connectivity index (χ2n) is 8.84. The number of hydrogen-bond donors (Lipinski definition) is 1. The summed E-state index contributed by atoms with van der Waals surface area (Å²) in [7, 11) is 0. The fourth-order valence-corrected chi connectivity index (χ4v) is 4.44. The molecule has 1 fully saturated rings. The molecule has 0 unspecified atom stereocenters. The summed E-state index contributed by atoms with van der Waals surface area (Å²) in [5.74, 6) is 0.256. The Morgan fingerprint density at radius 3 is 2.77 bits per heavy atom. The van der Waals surface area contributed by atoms with Crippen LogP contribution in [0.1, 0.15) is 68.1 Å². The number of rotatable bonds is 8. The van der Waals surface area contributed by atoms with Gasteiger partial charge in [-0.1, -0.05) is 18.2 Å². The van der Waals surface area contributed by atoms with E-state index in [1.807, 2.05) is 0 Å². The summed E-state index contributed by atoms with van der Waals surface area (Å²) in [6.45, 7) is 11.9. The van der Waals surface area contributed by atoms with Gasteiger partial charge in [-0.05, 0) is 65.5 Å². The molecule has 1 aliphatic rings. The maximum Gasteiger partial charge on any atom is 0.220 e. The van der Waals surface area contributed by atoms with E-state index in [-0.39, 0.29) is 18.3 Å². The fourth-order valence-electron chi connectivity index (χ4n) is 4.44. The molecule has 1 saturated heterocycles. The van der Waals surface area contributed by atoms with Gasteiger partial charge in [0.1, 0.15) is 5.82 Å². The lowest BCUT2D eigenvalue weighted by atomic mass is 9.93. The predicted octanol–water partition coefficient (Wildman–Crippen LogP) is 4.53. The number of hydrogen-bond acceptors (Lipinski definition) is 3. The third kappa shape index (κ3) is 5.69. The first kappa shape index (κ1) is 22.5. The molecule has 1 aliphatic heterocycles. The van der Waals surface area contributed by atoms with Gasteiger partial charge in [0.05, 0.1) is 5.69 Å². The molecule has 0 aliphatic carbocycles. The first-order valence-corrected chi connectivity index (χ1v) is 11.1. The summed E-state index contributed by atoms with van der Waals surface area (Å²) in [5.41, 5.74) is 4.25. The summed E-state index contributed by atoms with van der Waals surface area (Å²) in [6, 6.07) is 6.95. The number of halogens is 1. The van der Waals surface area contributed by atoms with Gasteiger partial charge in [0, 0.05) is 48.9 Å². The largest absolute Gasteiger partial charge is 0.352 e. The Morgan fingerprint density at radius 2 is 2.07 bits per heavy atom. The quantitative estimate of drug-likeness (QED) is 0.690. The molecule has 3 rings (SSSR count). The van der Waals surface area contributed by atoms with E-state index in [4.69, 9.17) is 5.10 Å². The number of nitrogens with one attached hydrogen (secondary N) is 1. The molecule has 0 saturated carbocycles. The lowest BCUT2D eigenvalue weighted by molar-refractivity contribution is -0.121. The Labute approximate surface area is 179 Å². The van der Waals surface area contributed by atoms with Crippen molar-refractivity contribution in [3.8, 4) is 0 Å². The molecule has 2 aromatic rings. The molecule has 1 N–H and O–H groups in total. The topological polar surface area (TPSA) is 50.2 Å². The van der Waals surface area contributed by atoms with Crippen molar-refractivity contribution in [3.63, 3.8) is 0 Å². The second kappa shape index (κ2) is 10.2. The van der Waals surface area contributed by atoms with Gasteiger partial charge in [-0.3, -0.25) is 14.4 Å². The third-order valence-electron chi connectivity index (χ3n) is 6.16. The minimum atomic E-state index is -0.271. The van der Waals surface area contributed by atoms with E-state index in [0.717, 1.165) is 38.2 Å². The molecule has 0 spiro atoms. The van der Waals surface area contributed by atoms with Crippen molar-refractivity contribution in [2.75, 3.05) is 13.1 Å². The molecule has 1 amide bonds. The number of amides is 1. The van der Waals surface area contributed by atoms with Gasteiger partial charge in [0.15, 0.2) is 0 Å². The van der Waals surface area contributed by atoms with Gasteiger partial charge >= 0.3 is 0 Å². The van der Waals surface area contributed by atoms with Crippen LogP contribution in [0.15, 0.2) is 24.3 Å². The zero-order chi connectivity index (χ0) is 21.7. The number of aryl methyl sites for hydroxylation is 1. The van der Waals surface area contributed by atoms with Crippen molar-refractivity contribution in [3.05, 3.63) is 52.6 Å². The molecule has 1 atom stereocenters. The van der Waals surface area contributed by atoms with Crippen LogP contribution in [0.3, 0.4) is 0 Å². The smallest absolute Gasteiger partial charge is 0.220 e. The number of aromatic nitrogens is 2. The van der Waals surface area contributed by atoms with E-state index in [2.05, 4.69) is 42.6 Å². The van der Waals surface area contributed by atoms with Crippen molar-refractivity contribution in [2.24, 2.45) is 5.92 Å². The summed E-state index contributed by atoms with van der Waals surface area (Å²) in [4.78, 5) is 14.7. The Morgan fingerprint density at radius 1 is 1.30 bits per heavy atom. The molecular formula is C24H35FN4O. The molecule has 6 heteroatoms. The van der Waals surface area contributed by atoms with Crippen LogP contribution in [-0.4, -0.2) is 33.7 Å². The lowest BCUT2D eigenvalue weighted by Gasteiger charge is -2.32. The Hall–Kier alpha value is -2.21. The van der Waals surface area contributed by atoms with Crippen LogP contribution in [0.25, 0.3) is 0 Å². The van der Waals surface area contributed by atoms with Gasteiger partial charge in [-0.15, -0.1) is 0 Å². The van der Waals surface area contributed by atoms with Crippen molar-refractivity contribution < 1.29 is 9.18 Å². The molecule has 5 nitrogen and oxygen atoms in total. The van der Waals surface area contributed by atoms with E-state index in [1.165, 1.54) is 23.7 Å². The van der Waals surface area contributed by atoms with E-state index in [0.29, 0.717) is 23.9 Å². The Balaban J connectivity index is 1.47. The van der Waals surface area contributed by atoms with Crippen molar-refractivity contribution >= 4 is 5.91 Å². The SMILES string of the molecule is Cc1nn(C(C)C)c(C)c1CN1CCC[C@@H](CCC(=O)NCc2ccccc2F)C1. The highest BCUT2D eigenvalue weighted by Gasteiger charge is 2.23. The third-order valence-corrected chi connectivity index (χ3v) is 6.16. The zero-order valence-electron chi connectivity index (χ0n) is 18.7. The average Bonchev–Trinajstić information content (AvgIpc) is 3.00. The first-order chi connectivity index (χ1) is 14.3. The van der Waals surface area contributed by atoms with Crippen LogP contribution in [0.5, 0.6) is 0 Å². The molecule has 2 heterocycles. The van der Waals surface area contributed by atoms with Gasteiger partial charge in [0.25, 0.3) is 0 Å². The second-order valence-corrected chi connectivity index (χ2v) is 8.84. The predicted molar refractivity (Wildman–Crippen MR) is 118 cm³/mol. The number of likely N-dealkylation sites (tertiary alicyclic amines) is 1. The van der Waals surface area contributed by atoms with Crippen LogP contribution >= 0.6 is 0 Å². The van der Waals surface area contributed by atoms with Crippen molar-refractivity contribution in [1.82, 2.24) is 20.0 Å². The Bertz CT molecular complexity index is 861. The highest BCUT2D eigenvalue weighted by atomic mass is 19.1. The van der Waals surface area contributed by atoms with Gasteiger partial charge in [-0.25, -0.2) is 4.39 Å². The standard InChI is InChI=1S/C24H35FN4O/c1-17(2)29-19(4)22(18(3)27-29)16-28-13-7-8-20(15-28)11-12-24(30)26-14-21-9-5-6-10-23(21)25/h5-6,9-10,17,20H,7-8,11-16H2,1-4H3,(H,26,30)/t20-/m0/s1. The van der Waals surface area contributed by atoms with E-state index in [9.17, 15) is 9.18 Å².